The van der Waals surface area contributed by atoms with Crippen LogP contribution in [-0.2, 0) is 9.53 Å². The number of hydrogen-bond acceptors (Lipinski definition) is 7. The molecule has 0 atom stereocenters. The third-order valence-corrected chi connectivity index (χ3v) is 3.26. The standard InChI is InChI=1S/C11H14N6O3/c18-11(19)7-20-8-3-5-16(6-4-8)10-2-1-9-12-14-15-17(9)13-10/h1-2,8H,3-7H2,(H,18,19). The second-order valence-electron chi connectivity index (χ2n) is 4.61. The molecule has 1 fully saturated rings. The van der Waals surface area contributed by atoms with Gasteiger partial charge in [0.05, 0.1) is 6.10 Å². The van der Waals surface area contributed by atoms with E-state index in [-0.39, 0.29) is 12.7 Å². The molecule has 0 saturated carbocycles. The summed E-state index contributed by atoms with van der Waals surface area (Å²) in [6, 6.07) is 3.69. The number of aliphatic carboxylic acids is 1. The molecule has 1 N–H and O–H groups in total. The topological polar surface area (TPSA) is 106 Å². The third-order valence-electron chi connectivity index (χ3n) is 3.26. The van der Waals surface area contributed by atoms with Gasteiger partial charge in [-0.2, -0.15) is 0 Å². The molecule has 1 aliphatic heterocycles. The molecule has 0 radical (unpaired) electrons. The Morgan fingerprint density at radius 2 is 2.20 bits per heavy atom. The summed E-state index contributed by atoms with van der Waals surface area (Å²) in [6.07, 6.45) is 1.56. The van der Waals surface area contributed by atoms with Gasteiger partial charge in [0.15, 0.2) is 11.5 Å². The highest BCUT2D eigenvalue weighted by atomic mass is 16.5. The molecule has 20 heavy (non-hydrogen) atoms. The number of anilines is 1. The number of tetrazole rings is 1. The van der Waals surface area contributed by atoms with E-state index >= 15 is 0 Å². The number of hydrogen-bond donors (Lipinski definition) is 1. The smallest absolute Gasteiger partial charge is 0.329 e. The van der Waals surface area contributed by atoms with Crippen LogP contribution < -0.4 is 4.90 Å². The molecule has 0 amide bonds. The minimum Gasteiger partial charge on any atom is -0.480 e. The highest BCUT2D eigenvalue weighted by molar-refractivity contribution is 5.68. The number of piperidine rings is 1. The predicted octanol–water partition coefficient (Wildman–Crippen LogP) is -0.411. The number of carbonyl (C=O) groups is 1. The van der Waals surface area contributed by atoms with Gasteiger partial charge in [0.2, 0.25) is 0 Å². The van der Waals surface area contributed by atoms with Crippen LogP contribution in [0.4, 0.5) is 5.82 Å². The van der Waals surface area contributed by atoms with Gasteiger partial charge in [-0.05, 0) is 35.4 Å². The molecule has 9 heteroatoms. The van der Waals surface area contributed by atoms with E-state index < -0.39 is 5.97 Å². The molecule has 0 unspecified atom stereocenters. The zero-order chi connectivity index (χ0) is 13.9. The second-order valence-corrected chi connectivity index (χ2v) is 4.61. The fourth-order valence-electron chi connectivity index (χ4n) is 2.25. The van der Waals surface area contributed by atoms with E-state index in [0.29, 0.717) is 5.65 Å². The van der Waals surface area contributed by atoms with E-state index in [1.54, 1.807) is 0 Å². The Labute approximate surface area is 114 Å². The maximum Gasteiger partial charge on any atom is 0.329 e. The molecule has 106 valence electrons. The van der Waals surface area contributed by atoms with E-state index in [1.807, 2.05) is 12.1 Å². The number of ether oxygens (including phenoxy) is 1. The maximum atomic E-state index is 10.5. The minimum absolute atomic E-state index is 0.000817. The van der Waals surface area contributed by atoms with Crippen LogP contribution in [0, 0.1) is 0 Å². The fourth-order valence-corrected chi connectivity index (χ4v) is 2.25. The normalized spacial score (nSPS) is 16.7. The third kappa shape index (κ3) is 2.67. The lowest BCUT2D eigenvalue weighted by Gasteiger charge is -2.32. The van der Waals surface area contributed by atoms with Crippen LogP contribution in [-0.4, -0.2) is 62.1 Å². The Balaban J connectivity index is 1.61. The molecule has 0 spiro atoms. The highest BCUT2D eigenvalue weighted by Gasteiger charge is 2.21. The molecular weight excluding hydrogens is 264 g/mol. The molecular formula is C11H14N6O3. The van der Waals surface area contributed by atoms with Crippen molar-refractivity contribution < 1.29 is 14.6 Å². The average molecular weight is 278 g/mol. The Bertz CT molecular complexity index is 607. The van der Waals surface area contributed by atoms with Gasteiger partial charge >= 0.3 is 5.97 Å². The zero-order valence-corrected chi connectivity index (χ0v) is 10.7. The summed E-state index contributed by atoms with van der Waals surface area (Å²) in [7, 11) is 0. The van der Waals surface area contributed by atoms with Gasteiger partial charge in [0, 0.05) is 13.1 Å². The minimum atomic E-state index is -0.932. The van der Waals surface area contributed by atoms with Crippen LogP contribution >= 0.6 is 0 Å². The second kappa shape index (κ2) is 5.37. The molecule has 1 saturated heterocycles. The van der Waals surface area contributed by atoms with Crippen molar-refractivity contribution in [1.82, 2.24) is 25.3 Å². The van der Waals surface area contributed by atoms with Crippen LogP contribution in [0.1, 0.15) is 12.8 Å². The predicted molar refractivity (Wildman–Crippen MR) is 67.4 cm³/mol. The van der Waals surface area contributed by atoms with Crippen molar-refractivity contribution in [2.75, 3.05) is 24.6 Å². The number of carboxylic acids is 1. The van der Waals surface area contributed by atoms with E-state index in [4.69, 9.17) is 9.84 Å². The number of aromatic nitrogens is 5. The Morgan fingerprint density at radius 1 is 1.40 bits per heavy atom. The van der Waals surface area contributed by atoms with Crippen molar-refractivity contribution in [3.05, 3.63) is 12.1 Å². The van der Waals surface area contributed by atoms with Gasteiger partial charge in [-0.3, -0.25) is 0 Å². The van der Waals surface area contributed by atoms with Crippen molar-refractivity contribution in [3.8, 4) is 0 Å². The molecule has 0 bridgehead atoms. The summed E-state index contributed by atoms with van der Waals surface area (Å²) in [5, 5.41) is 24.0. The van der Waals surface area contributed by atoms with E-state index in [9.17, 15) is 4.79 Å². The van der Waals surface area contributed by atoms with Gasteiger partial charge < -0.3 is 14.7 Å². The van der Waals surface area contributed by atoms with Crippen molar-refractivity contribution >= 4 is 17.4 Å². The molecule has 1 aliphatic rings. The Kier molecular flexibility index (Phi) is 3.42. The first-order valence-corrected chi connectivity index (χ1v) is 6.36. The first-order chi connectivity index (χ1) is 9.72. The van der Waals surface area contributed by atoms with Crippen LogP contribution in [0.2, 0.25) is 0 Å². The molecule has 3 rings (SSSR count). The molecule has 0 aliphatic carbocycles. The lowest BCUT2D eigenvalue weighted by atomic mass is 10.1. The van der Waals surface area contributed by atoms with Crippen LogP contribution in [0.25, 0.3) is 5.65 Å². The number of nitrogens with zero attached hydrogens (tertiary/aromatic N) is 6. The largest absolute Gasteiger partial charge is 0.480 e. The van der Waals surface area contributed by atoms with Crippen LogP contribution in [0.3, 0.4) is 0 Å². The molecule has 0 aromatic carbocycles. The lowest BCUT2D eigenvalue weighted by Crippen LogP contribution is -2.38. The maximum absolute atomic E-state index is 10.5. The Hall–Kier alpha value is -2.29. The molecule has 3 heterocycles. The SMILES string of the molecule is O=C(O)COC1CCN(c2ccc3nnnn3n2)CC1. The first kappa shape index (κ1) is 12.7. The number of carboxylic acid groups (broad SMARTS) is 1. The van der Waals surface area contributed by atoms with E-state index in [2.05, 4.69) is 25.5 Å². The zero-order valence-electron chi connectivity index (χ0n) is 10.7. The van der Waals surface area contributed by atoms with Gasteiger partial charge in [-0.15, -0.1) is 14.8 Å². The van der Waals surface area contributed by atoms with Gasteiger partial charge in [-0.25, -0.2) is 4.79 Å². The summed E-state index contributed by atoms with van der Waals surface area (Å²) >= 11 is 0. The van der Waals surface area contributed by atoms with Crippen molar-refractivity contribution in [1.29, 1.82) is 0 Å². The van der Waals surface area contributed by atoms with Crippen LogP contribution in [0.15, 0.2) is 12.1 Å². The van der Waals surface area contributed by atoms with Crippen molar-refractivity contribution in [2.24, 2.45) is 0 Å². The average Bonchev–Trinajstić information content (AvgIpc) is 2.93. The number of rotatable bonds is 4. The van der Waals surface area contributed by atoms with E-state index in [0.717, 1.165) is 31.7 Å². The fraction of sp³-hybridized carbons (Fsp3) is 0.545. The number of fused-ring (bicyclic) bond motifs is 1. The summed E-state index contributed by atoms with van der Waals surface area (Å²) in [6.45, 7) is 1.30. The van der Waals surface area contributed by atoms with Crippen LogP contribution in [0.5, 0.6) is 0 Å². The van der Waals surface area contributed by atoms with Crippen molar-refractivity contribution in [2.45, 2.75) is 18.9 Å². The first-order valence-electron chi connectivity index (χ1n) is 6.36. The van der Waals surface area contributed by atoms with Gasteiger partial charge in [0.25, 0.3) is 0 Å². The summed E-state index contributed by atoms with van der Waals surface area (Å²) in [4.78, 5) is 12.6. The summed E-state index contributed by atoms with van der Waals surface area (Å²) in [5.74, 6) is -0.125. The monoisotopic (exact) mass is 278 g/mol. The molecule has 2 aromatic rings. The van der Waals surface area contributed by atoms with E-state index in [1.165, 1.54) is 4.63 Å². The summed E-state index contributed by atoms with van der Waals surface area (Å²) < 4.78 is 6.69. The molecule has 2 aromatic heterocycles. The van der Waals surface area contributed by atoms with Gasteiger partial charge in [0.1, 0.15) is 6.61 Å². The van der Waals surface area contributed by atoms with Gasteiger partial charge in [-0.1, -0.05) is 0 Å². The quantitative estimate of drug-likeness (QED) is 0.804. The lowest BCUT2D eigenvalue weighted by molar-refractivity contribution is -0.144. The molecule has 9 nitrogen and oxygen atoms in total. The summed E-state index contributed by atoms with van der Waals surface area (Å²) in [5.41, 5.74) is 0.605. The highest BCUT2D eigenvalue weighted by Crippen LogP contribution is 2.19. The van der Waals surface area contributed by atoms with Crippen molar-refractivity contribution in [3.63, 3.8) is 0 Å². The Morgan fingerprint density at radius 3 is 2.95 bits per heavy atom.